The van der Waals surface area contributed by atoms with E-state index in [1.807, 2.05) is 11.9 Å². The highest BCUT2D eigenvalue weighted by Gasteiger charge is 2.18. The number of hydrogen-bond donors (Lipinski definition) is 1. The summed E-state index contributed by atoms with van der Waals surface area (Å²) in [5, 5.41) is 8.86. The highest BCUT2D eigenvalue weighted by Crippen LogP contribution is 2.26. The summed E-state index contributed by atoms with van der Waals surface area (Å²) < 4.78 is 0. The van der Waals surface area contributed by atoms with E-state index in [4.69, 9.17) is 5.11 Å². The predicted octanol–water partition coefficient (Wildman–Crippen LogP) is 0.394. The van der Waals surface area contributed by atoms with Crippen LogP contribution in [0.2, 0.25) is 0 Å². The van der Waals surface area contributed by atoms with Gasteiger partial charge < -0.3 is 10.0 Å². The van der Waals surface area contributed by atoms with Crippen molar-refractivity contribution in [2.45, 2.75) is 19.3 Å². The number of fused-ring (bicyclic) bond motifs is 1. The zero-order valence-corrected chi connectivity index (χ0v) is 8.40. The highest BCUT2D eigenvalue weighted by atomic mass is 16.3. The zero-order chi connectivity index (χ0) is 9.97. The number of hydrogen-bond acceptors (Lipinski definition) is 4. The van der Waals surface area contributed by atoms with Crippen LogP contribution in [-0.4, -0.2) is 35.3 Å². The van der Waals surface area contributed by atoms with Gasteiger partial charge in [0.1, 0.15) is 12.1 Å². The molecule has 2 rings (SSSR count). The molecule has 0 spiro atoms. The number of likely N-dealkylation sites (N-methyl/N-ethyl adjacent to an activating group) is 1. The molecule has 1 aliphatic rings. The first kappa shape index (κ1) is 9.40. The zero-order valence-electron chi connectivity index (χ0n) is 8.40. The summed E-state index contributed by atoms with van der Waals surface area (Å²) in [4.78, 5) is 10.5. The lowest BCUT2D eigenvalue weighted by Gasteiger charge is -2.19. The maximum Gasteiger partial charge on any atom is 0.135 e. The van der Waals surface area contributed by atoms with Crippen molar-refractivity contribution in [3.8, 4) is 0 Å². The summed E-state index contributed by atoms with van der Waals surface area (Å²) in [6.07, 6.45) is 4.93. The summed E-state index contributed by atoms with van der Waals surface area (Å²) in [6, 6.07) is 0. The number of nitrogens with zero attached hydrogens (tertiary/aromatic N) is 3. The Morgan fingerprint density at radius 2 is 2.29 bits per heavy atom. The van der Waals surface area contributed by atoms with E-state index in [1.165, 1.54) is 17.7 Å². The first-order chi connectivity index (χ1) is 6.83. The van der Waals surface area contributed by atoms with Crippen LogP contribution in [0.3, 0.4) is 0 Å². The number of aryl methyl sites for hydroxylation is 1. The molecule has 0 aromatic carbocycles. The molecule has 0 saturated carbocycles. The summed E-state index contributed by atoms with van der Waals surface area (Å²) in [5.41, 5.74) is 2.45. The third kappa shape index (κ3) is 1.57. The van der Waals surface area contributed by atoms with Crippen molar-refractivity contribution in [1.82, 2.24) is 9.97 Å². The van der Waals surface area contributed by atoms with Crippen LogP contribution in [-0.2, 0) is 12.8 Å². The largest absolute Gasteiger partial charge is 0.395 e. The van der Waals surface area contributed by atoms with Crippen molar-refractivity contribution < 1.29 is 5.11 Å². The molecule has 0 radical (unpaired) electrons. The van der Waals surface area contributed by atoms with Gasteiger partial charge >= 0.3 is 0 Å². The van der Waals surface area contributed by atoms with Crippen LogP contribution in [0.1, 0.15) is 17.7 Å². The van der Waals surface area contributed by atoms with E-state index >= 15 is 0 Å². The van der Waals surface area contributed by atoms with Gasteiger partial charge in [-0.15, -0.1) is 0 Å². The Morgan fingerprint density at radius 1 is 1.43 bits per heavy atom. The molecule has 14 heavy (non-hydrogen) atoms. The number of aromatic nitrogens is 2. The molecule has 0 amide bonds. The summed E-state index contributed by atoms with van der Waals surface area (Å²) in [6.45, 7) is 0.790. The van der Waals surface area contributed by atoms with Crippen LogP contribution in [0.5, 0.6) is 0 Å². The van der Waals surface area contributed by atoms with Crippen molar-refractivity contribution >= 4 is 5.82 Å². The molecule has 76 valence electrons. The second kappa shape index (κ2) is 3.92. The molecule has 1 aromatic rings. The van der Waals surface area contributed by atoms with Crippen LogP contribution >= 0.6 is 0 Å². The molecule has 0 aliphatic heterocycles. The van der Waals surface area contributed by atoms with Crippen LogP contribution in [0.4, 0.5) is 5.82 Å². The smallest absolute Gasteiger partial charge is 0.135 e. The molecule has 0 atom stereocenters. The topological polar surface area (TPSA) is 49.2 Å². The lowest BCUT2D eigenvalue weighted by Crippen LogP contribution is -2.23. The second-order valence-corrected chi connectivity index (χ2v) is 3.62. The Labute approximate surface area is 83.6 Å². The van der Waals surface area contributed by atoms with Gasteiger partial charge in [0, 0.05) is 24.8 Å². The maximum absolute atomic E-state index is 8.86. The molecule has 1 aliphatic carbocycles. The first-order valence-electron chi connectivity index (χ1n) is 4.97. The van der Waals surface area contributed by atoms with Gasteiger partial charge in [-0.3, -0.25) is 0 Å². The number of aliphatic hydroxyl groups excluding tert-OH is 1. The average Bonchev–Trinajstić information content (AvgIpc) is 2.65. The molecule has 4 heteroatoms. The van der Waals surface area contributed by atoms with E-state index in [2.05, 4.69) is 9.97 Å². The fourth-order valence-corrected chi connectivity index (χ4v) is 1.93. The predicted molar refractivity (Wildman–Crippen MR) is 54.4 cm³/mol. The lowest BCUT2D eigenvalue weighted by atomic mass is 10.2. The quantitative estimate of drug-likeness (QED) is 0.754. The van der Waals surface area contributed by atoms with E-state index in [0.29, 0.717) is 6.54 Å². The van der Waals surface area contributed by atoms with Gasteiger partial charge in [0.25, 0.3) is 0 Å². The minimum absolute atomic E-state index is 0.162. The van der Waals surface area contributed by atoms with Gasteiger partial charge in [-0.05, 0) is 19.3 Å². The normalized spacial score (nSPS) is 14.1. The van der Waals surface area contributed by atoms with Gasteiger partial charge in [0.05, 0.1) is 6.61 Å². The Balaban J connectivity index is 2.29. The Morgan fingerprint density at radius 3 is 3.07 bits per heavy atom. The van der Waals surface area contributed by atoms with Crippen LogP contribution in [0.15, 0.2) is 6.33 Å². The molecule has 0 bridgehead atoms. The van der Waals surface area contributed by atoms with E-state index in [9.17, 15) is 0 Å². The molecule has 1 N–H and O–H groups in total. The Bertz CT molecular complexity index is 327. The third-order valence-corrected chi connectivity index (χ3v) is 2.65. The van der Waals surface area contributed by atoms with Crippen molar-refractivity contribution in [2.75, 3.05) is 25.1 Å². The van der Waals surface area contributed by atoms with E-state index < -0.39 is 0 Å². The van der Waals surface area contributed by atoms with E-state index in [1.54, 1.807) is 6.33 Å². The van der Waals surface area contributed by atoms with Gasteiger partial charge in [-0.1, -0.05) is 0 Å². The molecule has 4 nitrogen and oxygen atoms in total. The van der Waals surface area contributed by atoms with Gasteiger partial charge in [-0.25, -0.2) is 9.97 Å². The van der Waals surface area contributed by atoms with Gasteiger partial charge in [0.15, 0.2) is 0 Å². The molecular weight excluding hydrogens is 178 g/mol. The molecule has 1 aromatic heterocycles. The summed E-state index contributed by atoms with van der Waals surface area (Å²) in [7, 11) is 1.96. The fourth-order valence-electron chi connectivity index (χ4n) is 1.93. The lowest BCUT2D eigenvalue weighted by molar-refractivity contribution is 0.303. The third-order valence-electron chi connectivity index (χ3n) is 2.65. The van der Waals surface area contributed by atoms with E-state index in [0.717, 1.165) is 18.7 Å². The average molecular weight is 193 g/mol. The van der Waals surface area contributed by atoms with Crippen molar-refractivity contribution in [3.05, 3.63) is 17.6 Å². The molecule has 0 unspecified atom stereocenters. The SMILES string of the molecule is CN(CCO)c1ncnc2c1CCC2. The van der Waals surface area contributed by atoms with Gasteiger partial charge in [-0.2, -0.15) is 0 Å². The van der Waals surface area contributed by atoms with Crippen LogP contribution in [0.25, 0.3) is 0 Å². The van der Waals surface area contributed by atoms with Crippen LogP contribution < -0.4 is 4.90 Å². The Kier molecular flexibility index (Phi) is 2.63. The van der Waals surface area contributed by atoms with E-state index in [-0.39, 0.29) is 6.61 Å². The first-order valence-corrected chi connectivity index (χ1v) is 4.97. The standard InChI is InChI=1S/C10H15N3O/c1-13(5-6-14)10-8-3-2-4-9(8)11-7-12-10/h7,14H,2-6H2,1H3. The number of anilines is 1. The summed E-state index contributed by atoms with van der Waals surface area (Å²) >= 11 is 0. The number of rotatable bonds is 3. The number of aliphatic hydroxyl groups is 1. The van der Waals surface area contributed by atoms with Gasteiger partial charge in [0.2, 0.25) is 0 Å². The Hall–Kier alpha value is -1.16. The highest BCUT2D eigenvalue weighted by molar-refractivity contribution is 5.49. The monoisotopic (exact) mass is 193 g/mol. The maximum atomic E-state index is 8.86. The fraction of sp³-hybridized carbons (Fsp3) is 0.600. The molecule has 1 heterocycles. The van der Waals surface area contributed by atoms with Crippen LogP contribution in [0, 0.1) is 0 Å². The summed E-state index contributed by atoms with van der Waals surface area (Å²) in [5.74, 6) is 0.988. The van der Waals surface area contributed by atoms with Crippen molar-refractivity contribution in [1.29, 1.82) is 0 Å². The molecular formula is C10H15N3O. The van der Waals surface area contributed by atoms with Crippen molar-refractivity contribution in [2.24, 2.45) is 0 Å². The minimum atomic E-state index is 0.162. The molecule has 0 saturated heterocycles. The van der Waals surface area contributed by atoms with Crippen molar-refractivity contribution in [3.63, 3.8) is 0 Å². The molecule has 0 fully saturated rings. The second-order valence-electron chi connectivity index (χ2n) is 3.62. The minimum Gasteiger partial charge on any atom is -0.395 e.